The maximum Gasteiger partial charge on any atom is 0.341 e. The van der Waals surface area contributed by atoms with Crippen molar-refractivity contribution in [3.63, 3.8) is 0 Å². The van der Waals surface area contributed by atoms with Crippen LogP contribution in [0.15, 0.2) is 23.1 Å². The van der Waals surface area contributed by atoms with E-state index in [4.69, 9.17) is 26.8 Å². The molecule has 0 unspecified atom stereocenters. The van der Waals surface area contributed by atoms with Gasteiger partial charge in [0.15, 0.2) is 11.2 Å². The van der Waals surface area contributed by atoms with Gasteiger partial charge in [0, 0.05) is 38.8 Å². The Morgan fingerprint density at radius 2 is 2.00 bits per heavy atom. The number of fused-ring (bicyclic) bond motifs is 3. The standard InChI is InChI=1S/C22H28N2O6S/c1-21(2,3)22(31)11-13-9-17(30-8-6-7-28-4)19(29-5)23-18(13)15-10-16(25)14(20(26)27)12-24(15)22/h9-10,12,31H,6-8,11H2,1-5H3,(H,26,27)/t22-/m0/s1. The molecule has 0 bridgehead atoms. The monoisotopic (exact) mass is 448 g/mol. The molecule has 0 amide bonds. The number of rotatable bonds is 7. The Bertz CT molecular complexity index is 1060. The number of pyridine rings is 2. The van der Waals surface area contributed by atoms with Crippen LogP contribution in [0.25, 0.3) is 11.4 Å². The maximum atomic E-state index is 12.5. The second-order valence-electron chi connectivity index (χ2n) is 8.55. The van der Waals surface area contributed by atoms with Gasteiger partial charge >= 0.3 is 5.97 Å². The van der Waals surface area contributed by atoms with Crippen LogP contribution in [-0.4, -0.2) is 48.1 Å². The molecule has 0 saturated heterocycles. The number of thiol groups is 1. The fourth-order valence-corrected chi connectivity index (χ4v) is 4.00. The number of hydrogen-bond acceptors (Lipinski definition) is 7. The van der Waals surface area contributed by atoms with Gasteiger partial charge in [-0.15, -0.1) is 0 Å². The zero-order chi connectivity index (χ0) is 23.0. The highest BCUT2D eigenvalue weighted by Gasteiger charge is 2.45. The van der Waals surface area contributed by atoms with Crippen molar-refractivity contribution in [1.29, 1.82) is 0 Å². The second kappa shape index (κ2) is 8.55. The Labute approximate surface area is 186 Å². The lowest BCUT2D eigenvalue weighted by molar-refractivity contribution is 0.0693. The van der Waals surface area contributed by atoms with Crippen LogP contribution in [0.2, 0.25) is 0 Å². The summed E-state index contributed by atoms with van der Waals surface area (Å²) in [5, 5.41) is 9.48. The molecule has 0 aliphatic carbocycles. The molecule has 8 nitrogen and oxygen atoms in total. The Kier molecular flexibility index (Phi) is 6.38. The van der Waals surface area contributed by atoms with E-state index < -0.39 is 16.3 Å². The predicted octanol–water partition coefficient (Wildman–Crippen LogP) is 3.22. The molecule has 3 rings (SSSR count). The molecular weight excluding hydrogens is 420 g/mol. The van der Waals surface area contributed by atoms with Gasteiger partial charge in [0.25, 0.3) is 5.88 Å². The third-order valence-corrected chi connectivity index (χ3v) is 6.58. The van der Waals surface area contributed by atoms with Gasteiger partial charge in [0.1, 0.15) is 5.56 Å². The summed E-state index contributed by atoms with van der Waals surface area (Å²) in [5.74, 6) is -0.485. The molecular formula is C22H28N2O6S. The number of nitrogens with zero attached hydrogens (tertiary/aromatic N) is 2. The van der Waals surface area contributed by atoms with Crippen LogP contribution in [0.3, 0.4) is 0 Å². The molecule has 2 aromatic rings. The number of carboxylic acid groups (broad SMARTS) is 1. The summed E-state index contributed by atoms with van der Waals surface area (Å²) in [7, 11) is 3.13. The van der Waals surface area contributed by atoms with E-state index in [-0.39, 0.29) is 11.0 Å². The van der Waals surface area contributed by atoms with E-state index in [9.17, 15) is 14.7 Å². The first-order chi connectivity index (χ1) is 14.5. The molecule has 1 aliphatic rings. The first-order valence-corrected chi connectivity index (χ1v) is 10.4. The van der Waals surface area contributed by atoms with Crippen molar-refractivity contribution in [1.82, 2.24) is 9.55 Å². The van der Waals surface area contributed by atoms with Gasteiger partial charge in [0.2, 0.25) is 0 Å². The quantitative estimate of drug-likeness (QED) is 0.496. The molecule has 168 valence electrons. The number of aromatic nitrogens is 2. The van der Waals surface area contributed by atoms with Crippen molar-refractivity contribution in [3.8, 4) is 23.0 Å². The van der Waals surface area contributed by atoms with Gasteiger partial charge in [-0.2, -0.15) is 12.6 Å². The average molecular weight is 449 g/mol. The van der Waals surface area contributed by atoms with Crippen molar-refractivity contribution >= 4 is 18.6 Å². The summed E-state index contributed by atoms with van der Waals surface area (Å²) in [6.07, 6.45) is 2.53. The Morgan fingerprint density at radius 3 is 2.58 bits per heavy atom. The fourth-order valence-electron chi connectivity index (χ4n) is 3.67. The maximum absolute atomic E-state index is 12.5. The Balaban J connectivity index is 2.21. The lowest BCUT2D eigenvalue weighted by atomic mass is 9.79. The summed E-state index contributed by atoms with van der Waals surface area (Å²) in [5.41, 5.74) is 0.605. The van der Waals surface area contributed by atoms with Crippen molar-refractivity contribution in [2.45, 2.75) is 38.5 Å². The second-order valence-corrected chi connectivity index (χ2v) is 9.29. The molecule has 2 aromatic heterocycles. The Hall–Kier alpha value is -2.52. The molecule has 0 saturated carbocycles. The van der Waals surface area contributed by atoms with E-state index in [2.05, 4.69) is 4.98 Å². The Morgan fingerprint density at radius 1 is 1.29 bits per heavy atom. The summed E-state index contributed by atoms with van der Waals surface area (Å²) in [6.45, 7) is 7.08. The van der Waals surface area contributed by atoms with Gasteiger partial charge < -0.3 is 23.9 Å². The van der Waals surface area contributed by atoms with Gasteiger partial charge in [-0.3, -0.25) is 4.79 Å². The molecule has 0 spiro atoms. The molecule has 0 fully saturated rings. The van der Waals surface area contributed by atoms with Crippen LogP contribution in [0.1, 0.15) is 43.1 Å². The number of carboxylic acids is 1. The van der Waals surface area contributed by atoms with Gasteiger partial charge in [-0.25, -0.2) is 9.78 Å². The van der Waals surface area contributed by atoms with Crippen molar-refractivity contribution in [2.75, 3.05) is 27.4 Å². The average Bonchev–Trinajstić information content (AvgIpc) is 2.69. The number of carbonyl (C=O) groups is 1. The summed E-state index contributed by atoms with van der Waals surface area (Å²) in [4.78, 5) is 27.9. The van der Waals surface area contributed by atoms with Crippen LogP contribution in [0.4, 0.5) is 0 Å². The van der Waals surface area contributed by atoms with Crippen molar-refractivity contribution in [3.05, 3.63) is 39.7 Å². The van der Waals surface area contributed by atoms with Gasteiger partial charge in [0.05, 0.1) is 30.0 Å². The molecule has 0 aromatic carbocycles. The van der Waals surface area contributed by atoms with E-state index >= 15 is 0 Å². The minimum absolute atomic E-state index is 0.292. The van der Waals surface area contributed by atoms with Crippen LogP contribution >= 0.6 is 12.6 Å². The lowest BCUT2D eigenvalue weighted by Crippen LogP contribution is -2.46. The first kappa shape index (κ1) is 23.1. The van der Waals surface area contributed by atoms with Crippen LogP contribution in [0.5, 0.6) is 11.6 Å². The topological polar surface area (TPSA) is 99.9 Å². The summed E-state index contributed by atoms with van der Waals surface area (Å²) < 4.78 is 18.1. The van der Waals surface area contributed by atoms with Crippen molar-refractivity contribution in [2.24, 2.45) is 5.41 Å². The number of aromatic carboxylic acids is 1. The minimum Gasteiger partial charge on any atom is -0.488 e. The van der Waals surface area contributed by atoms with E-state index in [0.717, 1.165) is 5.56 Å². The highest BCUT2D eigenvalue weighted by molar-refractivity contribution is 7.81. The molecule has 0 radical (unpaired) electrons. The minimum atomic E-state index is -1.28. The predicted molar refractivity (Wildman–Crippen MR) is 120 cm³/mol. The van der Waals surface area contributed by atoms with E-state index in [1.165, 1.54) is 19.4 Å². The van der Waals surface area contributed by atoms with Crippen LogP contribution in [0, 0.1) is 5.41 Å². The third kappa shape index (κ3) is 4.16. The van der Waals surface area contributed by atoms with Crippen molar-refractivity contribution < 1.29 is 24.1 Å². The first-order valence-electron chi connectivity index (χ1n) is 9.96. The molecule has 1 atom stereocenters. The van der Waals surface area contributed by atoms with Gasteiger partial charge in [-0.1, -0.05) is 20.8 Å². The smallest absolute Gasteiger partial charge is 0.341 e. The molecule has 1 aliphatic heterocycles. The largest absolute Gasteiger partial charge is 0.488 e. The lowest BCUT2D eigenvalue weighted by Gasteiger charge is -2.47. The fraction of sp³-hybridized carbons (Fsp3) is 0.500. The highest BCUT2D eigenvalue weighted by atomic mass is 32.1. The molecule has 1 N–H and O–H groups in total. The molecule has 3 heterocycles. The van der Waals surface area contributed by atoms with E-state index in [1.807, 2.05) is 26.8 Å². The van der Waals surface area contributed by atoms with E-state index in [1.54, 1.807) is 11.7 Å². The highest BCUT2D eigenvalue weighted by Crippen LogP contribution is 2.50. The van der Waals surface area contributed by atoms with Gasteiger partial charge in [-0.05, 0) is 17.0 Å². The normalized spacial score (nSPS) is 17.6. The zero-order valence-electron chi connectivity index (χ0n) is 18.4. The van der Waals surface area contributed by atoms with Crippen LogP contribution in [-0.2, 0) is 16.0 Å². The molecule has 31 heavy (non-hydrogen) atoms. The van der Waals surface area contributed by atoms with E-state index in [0.29, 0.717) is 49.1 Å². The number of ether oxygens (including phenoxy) is 3. The third-order valence-electron chi connectivity index (χ3n) is 5.54. The summed E-state index contributed by atoms with van der Waals surface area (Å²) >= 11 is 5.02. The summed E-state index contributed by atoms with van der Waals surface area (Å²) in [6, 6.07) is 3.17. The molecule has 9 heteroatoms. The van der Waals surface area contributed by atoms with Crippen LogP contribution < -0.4 is 14.9 Å². The number of methoxy groups -OCH3 is 2. The zero-order valence-corrected chi connectivity index (χ0v) is 19.3. The SMILES string of the molecule is COCCCOc1cc2c(nc1OC)-c1cc(=O)c(C(=O)O)cn1[C@@](S)(C(C)(C)C)C2. The number of hydrogen-bond donors (Lipinski definition) is 2.